The minimum atomic E-state index is -4.48. The number of nitrogens with zero attached hydrogens (tertiary/aromatic N) is 4. The van der Waals surface area contributed by atoms with E-state index in [4.69, 9.17) is 0 Å². The summed E-state index contributed by atoms with van der Waals surface area (Å²) in [6.07, 6.45) is -0.200. The van der Waals surface area contributed by atoms with Crippen molar-refractivity contribution in [3.05, 3.63) is 60.7 Å². The predicted molar refractivity (Wildman–Crippen MR) is 69.6 cm³/mol. The molecule has 4 nitrogen and oxygen atoms in total. The third-order valence-electron chi connectivity index (χ3n) is 2.83. The van der Waals surface area contributed by atoms with Crippen molar-refractivity contribution in [2.45, 2.75) is 6.18 Å². The molecule has 0 bridgehead atoms. The highest BCUT2D eigenvalue weighted by Crippen LogP contribution is 2.27. The lowest BCUT2D eigenvalue weighted by Gasteiger charge is -2.03. The van der Waals surface area contributed by atoms with Gasteiger partial charge in [-0.2, -0.15) is 18.3 Å². The molecule has 7 heteroatoms. The molecule has 0 amide bonds. The van der Waals surface area contributed by atoms with Crippen LogP contribution in [0.4, 0.5) is 13.2 Å². The van der Waals surface area contributed by atoms with E-state index in [9.17, 15) is 13.2 Å². The fourth-order valence-corrected chi connectivity index (χ4v) is 1.81. The van der Waals surface area contributed by atoms with Crippen molar-refractivity contribution in [1.29, 1.82) is 0 Å². The predicted octanol–water partition coefficient (Wildman–Crippen LogP) is 3.35. The van der Waals surface area contributed by atoms with E-state index in [0.717, 1.165) is 21.9 Å². The average molecular weight is 290 g/mol. The Morgan fingerprint density at radius 2 is 1.52 bits per heavy atom. The summed E-state index contributed by atoms with van der Waals surface area (Å²) < 4.78 is 38.5. The van der Waals surface area contributed by atoms with Gasteiger partial charge in [0.25, 0.3) is 0 Å². The van der Waals surface area contributed by atoms with Gasteiger partial charge in [-0.15, -0.1) is 0 Å². The van der Waals surface area contributed by atoms with Crippen molar-refractivity contribution >= 4 is 0 Å². The normalized spacial score (nSPS) is 11.6. The van der Waals surface area contributed by atoms with Gasteiger partial charge in [-0.1, -0.05) is 30.3 Å². The highest BCUT2D eigenvalue weighted by molar-refractivity contribution is 5.61. The van der Waals surface area contributed by atoms with Crippen molar-refractivity contribution in [2.24, 2.45) is 0 Å². The third-order valence-corrected chi connectivity index (χ3v) is 2.83. The number of aromatic nitrogens is 4. The van der Waals surface area contributed by atoms with Crippen LogP contribution >= 0.6 is 0 Å². The second-order valence-corrected chi connectivity index (χ2v) is 4.28. The molecule has 0 radical (unpaired) electrons. The van der Waals surface area contributed by atoms with Crippen LogP contribution in [0.15, 0.2) is 55.0 Å². The zero-order valence-corrected chi connectivity index (χ0v) is 10.6. The number of rotatable bonds is 2. The molecule has 21 heavy (non-hydrogen) atoms. The Morgan fingerprint density at radius 3 is 2.10 bits per heavy atom. The number of hydrogen-bond donors (Lipinski definition) is 0. The molecule has 0 aliphatic rings. The first kappa shape index (κ1) is 13.3. The molecule has 0 spiro atoms. The maximum absolute atomic E-state index is 12.5. The SMILES string of the molecule is FC(F)(F)c1ccn(-c2ncc(-c3ccccc3)cn2)n1. The zero-order chi connectivity index (χ0) is 14.9. The molecule has 0 aliphatic heterocycles. The fourth-order valence-electron chi connectivity index (χ4n) is 1.81. The van der Waals surface area contributed by atoms with Crippen LogP contribution < -0.4 is 0 Å². The van der Waals surface area contributed by atoms with Crippen LogP contribution in [0.5, 0.6) is 0 Å². The summed E-state index contributed by atoms with van der Waals surface area (Å²) in [6, 6.07) is 10.3. The highest BCUT2D eigenvalue weighted by atomic mass is 19.4. The first-order valence-corrected chi connectivity index (χ1v) is 6.05. The van der Waals surface area contributed by atoms with Crippen LogP contribution in [-0.2, 0) is 6.18 Å². The molecule has 0 atom stereocenters. The van der Waals surface area contributed by atoms with Gasteiger partial charge in [0.2, 0.25) is 5.95 Å². The van der Waals surface area contributed by atoms with E-state index < -0.39 is 11.9 Å². The first-order valence-electron chi connectivity index (χ1n) is 6.05. The van der Waals surface area contributed by atoms with E-state index in [-0.39, 0.29) is 5.95 Å². The molecular weight excluding hydrogens is 281 g/mol. The monoisotopic (exact) mass is 290 g/mol. The molecule has 0 N–H and O–H groups in total. The topological polar surface area (TPSA) is 43.6 Å². The van der Waals surface area contributed by atoms with Gasteiger partial charge in [-0.3, -0.25) is 0 Å². The summed E-state index contributed by atoms with van der Waals surface area (Å²) in [6.45, 7) is 0. The molecule has 3 aromatic rings. The van der Waals surface area contributed by atoms with E-state index in [2.05, 4.69) is 15.1 Å². The van der Waals surface area contributed by atoms with E-state index in [1.165, 1.54) is 6.20 Å². The van der Waals surface area contributed by atoms with Crippen molar-refractivity contribution in [1.82, 2.24) is 19.7 Å². The van der Waals surface area contributed by atoms with Crippen LogP contribution in [0, 0.1) is 0 Å². The molecule has 0 saturated carbocycles. The number of alkyl halides is 3. The molecule has 3 rings (SSSR count). The summed E-state index contributed by atoms with van der Waals surface area (Å²) in [5.74, 6) is 0.0881. The Hall–Kier alpha value is -2.70. The first-order chi connectivity index (χ1) is 10.0. The summed E-state index contributed by atoms with van der Waals surface area (Å²) in [7, 11) is 0. The molecule has 1 aromatic carbocycles. The minimum absolute atomic E-state index is 0.0881. The molecule has 0 saturated heterocycles. The van der Waals surface area contributed by atoms with Gasteiger partial charge >= 0.3 is 6.18 Å². The number of benzene rings is 1. The van der Waals surface area contributed by atoms with E-state index in [1.807, 2.05) is 30.3 Å². The Labute approximate surface area is 117 Å². The van der Waals surface area contributed by atoms with Gasteiger partial charge in [-0.25, -0.2) is 14.6 Å². The summed E-state index contributed by atoms with van der Waals surface area (Å²) in [5, 5.41) is 3.42. The Balaban J connectivity index is 1.89. The van der Waals surface area contributed by atoms with Gasteiger partial charge in [0.05, 0.1) is 0 Å². The Morgan fingerprint density at radius 1 is 0.857 bits per heavy atom. The van der Waals surface area contributed by atoms with Crippen LogP contribution in [0.1, 0.15) is 5.69 Å². The lowest BCUT2D eigenvalue weighted by atomic mass is 10.1. The quantitative estimate of drug-likeness (QED) is 0.727. The van der Waals surface area contributed by atoms with Gasteiger partial charge in [0.15, 0.2) is 5.69 Å². The standard InChI is InChI=1S/C14H9F3N4/c15-14(16,17)12-6-7-21(20-12)13-18-8-11(9-19-13)10-4-2-1-3-5-10/h1-9H. The van der Waals surface area contributed by atoms with Gasteiger partial charge < -0.3 is 0 Å². The van der Waals surface area contributed by atoms with Crippen molar-refractivity contribution < 1.29 is 13.2 Å². The van der Waals surface area contributed by atoms with Crippen LogP contribution in [0.2, 0.25) is 0 Å². The lowest BCUT2D eigenvalue weighted by molar-refractivity contribution is -0.141. The number of hydrogen-bond acceptors (Lipinski definition) is 3. The van der Waals surface area contributed by atoms with Gasteiger partial charge in [-0.05, 0) is 11.6 Å². The van der Waals surface area contributed by atoms with Gasteiger partial charge in [0, 0.05) is 24.2 Å². The zero-order valence-electron chi connectivity index (χ0n) is 10.6. The minimum Gasteiger partial charge on any atom is -0.219 e. The largest absolute Gasteiger partial charge is 0.435 e. The summed E-state index contributed by atoms with van der Waals surface area (Å²) in [4.78, 5) is 8.09. The second kappa shape index (κ2) is 5.01. The maximum Gasteiger partial charge on any atom is 0.435 e. The maximum atomic E-state index is 12.5. The molecule has 0 aliphatic carbocycles. The van der Waals surface area contributed by atoms with Crippen LogP contribution in [0.25, 0.3) is 17.1 Å². The summed E-state index contributed by atoms with van der Waals surface area (Å²) >= 11 is 0. The molecule has 2 heterocycles. The van der Waals surface area contributed by atoms with Gasteiger partial charge in [0.1, 0.15) is 0 Å². The van der Waals surface area contributed by atoms with E-state index in [0.29, 0.717) is 0 Å². The smallest absolute Gasteiger partial charge is 0.219 e. The van der Waals surface area contributed by atoms with Crippen LogP contribution in [0.3, 0.4) is 0 Å². The molecule has 0 unspecified atom stereocenters. The third kappa shape index (κ3) is 2.76. The average Bonchev–Trinajstić information content (AvgIpc) is 2.98. The number of halogens is 3. The van der Waals surface area contributed by atoms with Crippen molar-refractivity contribution in [2.75, 3.05) is 0 Å². The molecule has 106 valence electrons. The molecule has 0 fully saturated rings. The van der Waals surface area contributed by atoms with Crippen LogP contribution in [-0.4, -0.2) is 19.7 Å². The molecular formula is C14H9F3N4. The van der Waals surface area contributed by atoms with Crippen molar-refractivity contribution in [3.63, 3.8) is 0 Å². The Kier molecular flexibility index (Phi) is 3.17. The van der Waals surface area contributed by atoms with E-state index >= 15 is 0 Å². The Bertz CT molecular complexity index is 733. The second-order valence-electron chi connectivity index (χ2n) is 4.28. The summed E-state index contributed by atoms with van der Waals surface area (Å²) in [5.41, 5.74) is 0.737. The lowest BCUT2D eigenvalue weighted by Crippen LogP contribution is -2.08. The highest BCUT2D eigenvalue weighted by Gasteiger charge is 2.33. The fraction of sp³-hybridized carbons (Fsp3) is 0.0714. The van der Waals surface area contributed by atoms with E-state index in [1.54, 1.807) is 12.4 Å². The van der Waals surface area contributed by atoms with Crippen molar-refractivity contribution in [3.8, 4) is 17.1 Å². The molecule has 2 aromatic heterocycles.